The van der Waals surface area contributed by atoms with Crippen LogP contribution in [0.3, 0.4) is 0 Å². The number of nitrogens with zero attached hydrogens (tertiary/aromatic N) is 2. The topological polar surface area (TPSA) is 47.0 Å². The molecule has 0 aliphatic carbocycles. The van der Waals surface area contributed by atoms with E-state index in [0.717, 1.165) is 28.5 Å². The van der Waals surface area contributed by atoms with E-state index in [2.05, 4.69) is 31.2 Å². The summed E-state index contributed by atoms with van der Waals surface area (Å²) in [5.74, 6) is 0.822. The minimum absolute atomic E-state index is 0.533. The lowest BCUT2D eigenvalue weighted by Crippen LogP contribution is -2.30. The molecule has 2 rings (SSSR count). The van der Waals surface area contributed by atoms with Crippen LogP contribution in [-0.2, 0) is 4.74 Å². The standard InChI is InChI=1S/C8H10BrN3OS/c1-10-7-6(9)8(12-4-11-7)14-5-2-13-3-5/h4-5H,2-3H2,1H3,(H,10,11,12). The maximum absolute atomic E-state index is 5.11. The molecule has 1 aromatic rings. The Bertz CT molecular complexity index is 332. The molecule has 1 aliphatic rings. The van der Waals surface area contributed by atoms with Crippen LogP contribution in [0.25, 0.3) is 0 Å². The van der Waals surface area contributed by atoms with Gasteiger partial charge in [0, 0.05) is 7.05 Å². The first kappa shape index (κ1) is 10.2. The second-order valence-electron chi connectivity index (χ2n) is 2.87. The quantitative estimate of drug-likeness (QED) is 0.853. The van der Waals surface area contributed by atoms with Crippen LogP contribution in [0, 0.1) is 0 Å². The molecule has 14 heavy (non-hydrogen) atoms. The van der Waals surface area contributed by atoms with Crippen LogP contribution in [0.15, 0.2) is 15.8 Å². The number of ether oxygens (including phenoxy) is 1. The van der Waals surface area contributed by atoms with Gasteiger partial charge in [0.15, 0.2) is 0 Å². The number of anilines is 1. The number of rotatable bonds is 3. The number of hydrogen-bond acceptors (Lipinski definition) is 5. The lowest BCUT2D eigenvalue weighted by atomic mass is 10.4. The Hall–Kier alpha value is -0.330. The van der Waals surface area contributed by atoms with Crippen LogP contribution in [0.1, 0.15) is 0 Å². The predicted octanol–water partition coefficient (Wildman–Crippen LogP) is 1.77. The Kier molecular flexibility index (Phi) is 3.25. The number of thioether (sulfide) groups is 1. The van der Waals surface area contributed by atoms with Crippen molar-refractivity contribution in [1.82, 2.24) is 9.97 Å². The van der Waals surface area contributed by atoms with Gasteiger partial charge in [-0.3, -0.25) is 0 Å². The molecule has 1 aliphatic heterocycles. The van der Waals surface area contributed by atoms with Gasteiger partial charge in [-0.15, -0.1) is 0 Å². The van der Waals surface area contributed by atoms with E-state index < -0.39 is 0 Å². The zero-order chi connectivity index (χ0) is 9.97. The van der Waals surface area contributed by atoms with Gasteiger partial charge in [0.25, 0.3) is 0 Å². The summed E-state index contributed by atoms with van der Waals surface area (Å²) >= 11 is 5.20. The first-order chi connectivity index (χ1) is 6.81. The van der Waals surface area contributed by atoms with E-state index in [9.17, 15) is 0 Å². The van der Waals surface area contributed by atoms with Gasteiger partial charge in [0.05, 0.1) is 22.9 Å². The van der Waals surface area contributed by atoms with Gasteiger partial charge in [-0.05, 0) is 15.9 Å². The fourth-order valence-corrected chi connectivity index (χ4v) is 2.69. The molecule has 0 spiro atoms. The SMILES string of the molecule is CNc1ncnc(SC2COC2)c1Br. The van der Waals surface area contributed by atoms with Gasteiger partial charge in [0.1, 0.15) is 17.2 Å². The molecule has 0 bridgehead atoms. The predicted molar refractivity (Wildman–Crippen MR) is 59.7 cm³/mol. The summed E-state index contributed by atoms with van der Waals surface area (Å²) in [5.41, 5.74) is 0. The van der Waals surface area contributed by atoms with E-state index in [1.807, 2.05) is 7.05 Å². The van der Waals surface area contributed by atoms with E-state index in [4.69, 9.17) is 4.74 Å². The highest BCUT2D eigenvalue weighted by molar-refractivity contribution is 9.10. The molecule has 6 heteroatoms. The van der Waals surface area contributed by atoms with E-state index in [1.54, 1.807) is 18.1 Å². The molecule has 1 aromatic heterocycles. The molecule has 2 heterocycles. The van der Waals surface area contributed by atoms with Crippen molar-refractivity contribution in [3.63, 3.8) is 0 Å². The van der Waals surface area contributed by atoms with E-state index in [-0.39, 0.29) is 0 Å². The summed E-state index contributed by atoms with van der Waals surface area (Å²) in [6.45, 7) is 1.63. The normalized spacial score (nSPS) is 16.4. The van der Waals surface area contributed by atoms with Crippen molar-refractivity contribution in [1.29, 1.82) is 0 Å². The Morgan fingerprint density at radius 1 is 1.57 bits per heavy atom. The maximum Gasteiger partial charge on any atom is 0.144 e. The summed E-state index contributed by atoms with van der Waals surface area (Å²) in [7, 11) is 1.84. The van der Waals surface area contributed by atoms with Crippen molar-refractivity contribution < 1.29 is 4.74 Å². The highest BCUT2D eigenvalue weighted by Gasteiger charge is 2.22. The highest BCUT2D eigenvalue weighted by atomic mass is 79.9. The fourth-order valence-electron chi connectivity index (χ4n) is 1.05. The van der Waals surface area contributed by atoms with Crippen molar-refractivity contribution in [3.05, 3.63) is 10.8 Å². The summed E-state index contributed by atoms with van der Waals surface area (Å²) in [5, 5.41) is 4.51. The van der Waals surface area contributed by atoms with Crippen molar-refractivity contribution in [3.8, 4) is 0 Å². The first-order valence-electron chi connectivity index (χ1n) is 4.24. The third-order valence-electron chi connectivity index (χ3n) is 1.88. The average molecular weight is 276 g/mol. The molecule has 0 aromatic carbocycles. The van der Waals surface area contributed by atoms with Gasteiger partial charge < -0.3 is 10.1 Å². The largest absolute Gasteiger partial charge is 0.379 e. The van der Waals surface area contributed by atoms with Gasteiger partial charge >= 0.3 is 0 Å². The van der Waals surface area contributed by atoms with Crippen LogP contribution in [0.4, 0.5) is 5.82 Å². The number of nitrogens with one attached hydrogen (secondary N) is 1. The molecule has 0 amide bonds. The van der Waals surface area contributed by atoms with E-state index in [1.165, 1.54) is 0 Å². The highest BCUT2D eigenvalue weighted by Crippen LogP contribution is 2.34. The maximum atomic E-state index is 5.11. The zero-order valence-corrected chi connectivity index (χ0v) is 10.1. The molecular weight excluding hydrogens is 266 g/mol. The van der Waals surface area contributed by atoms with E-state index >= 15 is 0 Å². The molecule has 1 saturated heterocycles. The molecular formula is C8H10BrN3OS. The van der Waals surface area contributed by atoms with Crippen LogP contribution in [0.5, 0.6) is 0 Å². The van der Waals surface area contributed by atoms with Crippen molar-refractivity contribution in [2.45, 2.75) is 10.3 Å². The Balaban J connectivity index is 2.15. The third kappa shape index (κ3) is 2.02. The van der Waals surface area contributed by atoms with Crippen LogP contribution in [0.2, 0.25) is 0 Å². The third-order valence-corrected chi connectivity index (χ3v) is 4.03. The van der Waals surface area contributed by atoms with Gasteiger partial charge in [-0.25, -0.2) is 9.97 Å². The monoisotopic (exact) mass is 275 g/mol. The lowest BCUT2D eigenvalue weighted by Gasteiger charge is -2.25. The molecule has 0 atom stereocenters. The molecule has 0 saturated carbocycles. The minimum atomic E-state index is 0.533. The van der Waals surface area contributed by atoms with E-state index in [0.29, 0.717) is 5.25 Å². The number of halogens is 1. The zero-order valence-electron chi connectivity index (χ0n) is 7.66. The lowest BCUT2D eigenvalue weighted by molar-refractivity contribution is 0.0454. The number of aromatic nitrogens is 2. The van der Waals surface area contributed by atoms with Gasteiger partial charge in [-0.2, -0.15) is 0 Å². The molecule has 4 nitrogen and oxygen atoms in total. The second-order valence-corrected chi connectivity index (χ2v) is 4.95. The van der Waals surface area contributed by atoms with Crippen molar-refractivity contribution in [2.75, 3.05) is 25.6 Å². The smallest absolute Gasteiger partial charge is 0.144 e. The summed E-state index contributed by atoms with van der Waals surface area (Å²) in [6.07, 6.45) is 1.57. The summed E-state index contributed by atoms with van der Waals surface area (Å²) in [4.78, 5) is 8.31. The van der Waals surface area contributed by atoms with Crippen LogP contribution < -0.4 is 5.32 Å². The average Bonchev–Trinajstić information content (AvgIpc) is 2.13. The Labute approximate surface area is 95.0 Å². The fraction of sp³-hybridized carbons (Fsp3) is 0.500. The minimum Gasteiger partial charge on any atom is -0.379 e. The Morgan fingerprint density at radius 2 is 2.36 bits per heavy atom. The molecule has 0 radical (unpaired) electrons. The first-order valence-corrected chi connectivity index (χ1v) is 5.91. The van der Waals surface area contributed by atoms with Gasteiger partial charge in [-0.1, -0.05) is 11.8 Å². The second kappa shape index (κ2) is 4.46. The molecule has 76 valence electrons. The van der Waals surface area contributed by atoms with Crippen LogP contribution >= 0.6 is 27.7 Å². The molecule has 0 unspecified atom stereocenters. The van der Waals surface area contributed by atoms with Gasteiger partial charge in [0.2, 0.25) is 0 Å². The molecule has 1 N–H and O–H groups in total. The molecule has 1 fully saturated rings. The van der Waals surface area contributed by atoms with Crippen molar-refractivity contribution >= 4 is 33.5 Å². The van der Waals surface area contributed by atoms with Crippen molar-refractivity contribution in [2.24, 2.45) is 0 Å². The number of hydrogen-bond donors (Lipinski definition) is 1. The Morgan fingerprint density at radius 3 is 2.93 bits per heavy atom. The summed E-state index contributed by atoms with van der Waals surface area (Å²) in [6, 6.07) is 0. The summed E-state index contributed by atoms with van der Waals surface area (Å²) < 4.78 is 6.04. The van der Waals surface area contributed by atoms with Crippen LogP contribution in [-0.4, -0.2) is 35.5 Å².